The lowest BCUT2D eigenvalue weighted by molar-refractivity contribution is 0.428. The molecule has 118 valence electrons. The molecule has 0 aliphatic rings. The zero-order valence-corrected chi connectivity index (χ0v) is 20.4. The summed E-state index contributed by atoms with van der Waals surface area (Å²) in [5.74, 6) is 0. The summed E-state index contributed by atoms with van der Waals surface area (Å²) in [4.78, 5) is 0. The molecule has 0 saturated carbocycles. The van der Waals surface area contributed by atoms with E-state index in [9.17, 15) is 0 Å². The van der Waals surface area contributed by atoms with Crippen molar-refractivity contribution < 1.29 is 12.3 Å². The summed E-state index contributed by atoms with van der Waals surface area (Å²) < 4.78 is 17.3. The second-order valence-corrected chi connectivity index (χ2v) is 24.0. The third kappa shape index (κ3) is 24.4. The Bertz CT molecular complexity index is 201. The van der Waals surface area contributed by atoms with Crippen molar-refractivity contribution in [1.82, 2.24) is 0 Å². The van der Waals surface area contributed by atoms with Crippen LogP contribution >= 0.6 is 0 Å². The van der Waals surface area contributed by atoms with Gasteiger partial charge in [-0.05, 0) is 72.0 Å². The predicted molar refractivity (Wildman–Crippen MR) is 101 cm³/mol. The van der Waals surface area contributed by atoms with E-state index in [1.807, 2.05) is 0 Å². The molecule has 0 aliphatic carbocycles. The minimum absolute atomic E-state index is 0.667. The molecule has 0 aromatic carbocycles. The quantitative estimate of drug-likeness (QED) is 0.682. The van der Waals surface area contributed by atoms with Crippen molar-refractivity contribution in [3.8, 4) is 0 Å². The molecule has 0 heterocycles. The van der Waals surface area contributed by atoms with Crippen LogP contribution in [-0.4, -0.2) is 44.0 Å². The van der Waals surface area contributed by atoms with Crippen LogP contribution in [0.5, 0.6) is 0 Å². The summed E-state index contributed by atoms with van der Waals surface area (Å²) >= 11 is 0. The van der Waals surface area contributed by atoms with Crippen LogP contribution < -0.4 is 0 Å². The fraction of sp³-hybridized carbons (Fsp3) is 1.00. The van der Waals surface area contributed by atoms with Gasteiger partial charge >= 0.3 is 0 Å². The maximum absolute atomic E-state index is 5.90. The second kappa shape index (κ2) is 9.82. The lowest BCUT2D eigenvalue weighted by Crippen LogP contribution is -2.41. The average Bonchev–Trinajstić information content (AvgIpc) is 1.91. The maximum Gasteiger partial charge on any atom is 0.297 e. The number of rotatable bonds is 6. The lowest BCUT2D eigenvalue weighted by atomic mass is 11.8. The van der Waals surface area contributed by atoms with Gasteiger partial charge in [-0.3, -0.25) is 0 Å². The molecule has 0 spiro atoms. The summed E-state index contributed by atoms with van der Waals surface area (Å²) in [6.45, 7) is 24.3. The van der Waals surface area contributed by atoms with E-state index < -0.39 is 44.0 Å². The third-order valence-corrected chi connectivity index (χ3v) is 14.3. The normalized spacial score (nSPS) is 12.9. The molecule has 0 aromatic heterocycles. The van der Waals surface area contributed by atoms with Crippen LogP contribution in [0, 0.1) is 0 Å². The van der Waals surface area contributed by atoms with Crippen molar-refractivity contribution in [3.05, 3.63) is 0 Å². The van der Waals surface area contributed by atoms with E-state index in [0.29, 0.717) is 0 Å². The second-order valence-electron chi connectivity index (χ2n) is 7.26. The molecule has 19 heavy (non-hydrogen) atoms. The van der Waals surface area contributed by atoms with Crippen molar-refractivity contribution in [1.29, 1.82) is 0 Å². The van der Waals surface area contributed by atoms with Gasteiger partial charge in [0, 0.05) is 0 Å². The first-order valence-electron chi connectivity index (χ1n) is 7.24. The summed E-state index contributed by atoms with van der Waals surface area (Å²) in [6, 6.07) is 0. The molecule has 0 unspecified atom stereocenters. The molecule has 0 aromatic rings. The van der Waals surface area contributed by atoms with E-state index in [1.165, 1.54) is 0 Å². The van der Waals surface area contributed by atoms with Crippen LogP contribution in [0.3, 0.4) is 0 Å². The van der Waals surface area contributed by atoms with Crippen LogP contribution in [0.1, 0.15) is 0 Å². The summed E-state index contributed by atoms with van der Waals surface area (Å²) in [5.41, 5.74) is 0. The van der Waals surface area contributed by atoms with Gasteiger partial charge in [-0.15, -0.1) is 0 Å². The average molecular weight is 357 g/mol. The first kappa shape index (κ1) is 22.2. The van der Waals surface area contributed by atoms with Crippen molar-refractivity contribution in [2.24, 2.45) is 0 Å². The first-order valence-corrected chi connectivity index (χ1v) is 21.7. The van der Waals surface area contributed by atoms with Gasteiger partial charge in [-0.1, -0.05) is 0 Å². The molecule has 0 saturated heterocycles. The van der Waals surface area contributed by atoms with Crippen molar-refractivity contribution in [2.75, 3.05) is 0 Å². The highest BCUT2D eigenvalue weighted by atomic mass is 28.4. The Balaban J connectivity index is 0. The zero-order chi connectivity index (χ0) is 15.9. The summed E-state index contributed by atoms with van der Waals surface area (Å²) in [6.07, 6.45) is 0. The zero-order valence-electron chi connectivity index (χ0n) is 15.0. The number of hydrogen-bond donors (Lipinski definition) is 0. The molecule has 8 heteroatoms. The standard InChI is InChI=1S/C7H22O2Si3.C4H14OSi2/c1-10(8-11(2,3)4)9-12(5,6)7;1-6(2)5-7(3)4/h10H,1-7H3;6-7H,1-4H3. The van der Waals surface area contributed by atoms with E-state index in [4.69, 9.17) is 12.3 Å². The molecule has 0 rings (SSSR count). The first-order chi connectivity index (χ1) is 8.23. The smallest absolute Gasteiger partial charge is 0.297 e. The topological polar surface area (TPSA) is 27.7 Å². The summed E-state index contributed by atoms with van der Waals surface area (Å²) in [5, 5.41) is 0. The van der Waals surface area contributed by atoms with Gasteiger partial charge in [0.05, 0.1) is 0 Å². The molecule has 0 amide bonds. The molecule has 0 atom stereocenters. The minimum Gasteiger partial charge on any atom is -0.461 e. The van der Waals surface area contributed by atoms with Crippen molar-refractivity contribution in [3.63, 3.8) is 0 Å². The Morgan fingerprint density at radius 3 is 0.947 bits per heavy atom. The molecule has 0 aliphatic heterocycles. The fourth-order valence-corrected chi connectivity index (χ4v) is 14.5. The molecule has 0 N–H and O–H groups in total. The van der Waals surface area contributed by atoms with Gasteiger partial charge in [0.15, 0.2) is 34.7 Å². The Hall–Kier alpha value is 0.964. The van der Waals surface area contributed by atoms with Crippen molar-refractivity contribution in [2.45, 2.75) is 72.0 Å². The molecule has 0 fully saturated rings. The van der Waals surface area contributed by atoms with E-state index >= 15 is 0 Å². The van der Waals surface area contributed by atoms with Crippen LogP contribution in [-0.2, 0) is 12.3 Å². The van der Waals surface area contributed by atoms with Gasteiger partial charge in [0.25, 0.3) is 9.28 Å². The molecule has 3 nitrogen and oxygen atoms in total. The van der Waals surface area contributed by atoms with Crippen LogP contribution in [0.25, 0.3) is 0 Å². The van der Waals surface area contributed by atoms with Crippen LogP contribution in [0.2, 0.25) is 72.0 Å². The minimum atomic E-state index is -1.36. The van der Waals surface area contributed by atoms with E-state index in [2.05, 4.69) is 72.0 Å². The van der Waals surface area contributed by atoms with Crippen LogP contribution in [0.4, 0.5) is 0 Å². The number of hydrogen-bond acceptors (Lipinski definition) is 3. The highest BCUT2D eigenvalue weighted by Gasteiger charge is 2.24. The lowest BCUT2D eigenvalue weighted by Gasteiger charge is -2.28. The van der Waals surface area contributed by atoms with E-state index in [0.717, 1.165) is 0 Å². The Labute approximate surface area is 128 Å². The van der Waals surface area contributed by atoms with E-state index in [1.54, 1.807) is 0 Å². The highest BCUT2D eigenvalue weighted by molar-refractivity contribution is 6.80. The molecule has 0 radical (unpaired) electrons. The fourth-order valence-electron chi connectivity index (χ4n) is 1.56. The predicted octanol–water partition coefficient (Wildman–Crippen LogP) is 3.51. The Kier molecular flexibility index (Phi) is 11.5. The Morgan fingerprint density at radius 1 is 0.579 bits per heavy atom. The van der Waals surface area contributed by atoms with Crippen LogP contribution in [0.15, 0.2) is 0 Å². The van der Waals surface area contributed by atoms with Gasteiger partial charge in [0.2, 0.25) is 0 Å². The molecule has 0 bridgehead atoms. The monoisotopic (exact) mass is 356 g/mol. The maximum atomic E-state index is 5.90. The van der Waals surface area contributed by atoms with Gasteiger partial charge in [0.1, 0.15) is 0 Å². The van der Waals surface area contributed by atoms with Crippen molar-refractivity contribution >= 4 is 44.0 Å². The largest absolute Gasteiger partial charge is 0.461 e. The Morgan fingerprint density at radius 2 is 0.842 bits per heavy atom. The van der Waals surface area contributed by atoms with E-state index in [-0.39, 0.29) is 0 Å². The molecular weight excluding hydrogens is 321 g/mol. The summed E-state index contributed by atoms with van der Waals surface area (Å²) in [7, 11) is -5.38. The highest BCUT2D eigenvalue weighted by Crippen LogP contribution is 2.10. The third-order valence-electron chi connectivity index (χ3n) is 1.58. The SMILES string of the molecule is C[SiH](C)O[SiH](C)C.C[SiH](O[Si](C)(C)C)O[Si](C)(C)C. The van der Waals surface area contributed by atoms with Gasteiger partial charge in [-0.25, -0.2) is 0 Å². The molecular formula is C11H36O3Si5. The van der Waals surface area contributed by atoms with Gasteiger partial charge < -0.3 is 12.3 Å². The van der Waals surface area contributed by atoms with Gasteiger partial charge in [-0.2, -0.15) is 0 Å².